The number of hydrogen-bond donors (Lipinski definition) is 2. The topological polar surface area (TPSA) is 115 Å². The zero-order chi connectivity index (χ0) is 30.6. The molecule has 5 atom stereocenters. The van der Waals surface area contributed by atoms with Gasteiger partial charge in [-0.15, -0.1) is 11.3 Å². The fourth-order valence-corrected chi connectivity index (χ4v) is 7.27. The maximum atomic E-state index is 14.2. The van der Waals surface area contributed by atoms with Crippen LogP contribution in [0.4, 0.5) is 0 Å². The summed E-state index contributed by atoms with van der Waals surface area (Å²) >= 11 is 1.57. The number of thiazole rings is 1. The van der Waals surface area contributed by atoms with Crippen LogP contribution in [0.25, 0.3) is 10.4 Å². The minimum Gasteiger partial charge on any atom is -0.391 e. The van der Waals surface area contributed by atoms with Crippen LogP contribution < -0.4 is 5.32 Å². The van der Waals surface area contributed by atoms with E-state index < -0.39 is 23.7 Å². The number of carbonyl (C=O) groups is 3. The molecule has 0 spiro atoms. The smallest absolute Gasteiger partial charge is 0.257 e. The molecular weight excluding hydrogens is 562 g/mol. The molecule has 0 bridgehead atoms. The molecule has 2 aromatic rings. The van der Waals surface area contributed by atoms with Gasteiger partial charge in [0.15, 0.2) is 5.54 Å². The van der Waals surface area contributed by atoms with Gasteiger partial charge in [0.1, 0.15) is 11.9 Å². The van der Waals surface area contributed by atoms with Gasteiger partial charge in [-0.1, -0.05) is 69.3 Å². The van der Waals surface area contributed by atoms with Crippen LogP contribution in [0.3, 0.4) is 0 Å². The van der Waals surface area contributed by atoms with E-state index in [1.807, 2.05) is 68.8 Å². The minimum atomic E-state index is -1.18. The zero-order valence-corrected chi connectivity index (χ0v) is 25.9. The predicted molar refractivity (Wildman–Crippen MR) is 166 cm³/mol. The zero-order valence-electron chi connectivity index (χ0n) is 25.1. The average molecular weight is 600 g/mol. The number of aliphatic hydroxyl groups is 1. The number of amides is 3. The number of aryl methyl sites for hydroxylation is 1. The van der Waals surface area contributed by atoms with Gasteiger partial charge in [0.05, 0.1) is 28.2 Å². The van der Waals surface area contributed by atoms with Crippen molar-refractivity contribution in [2.45, 2.75) is 64.8 Å². The molecule has 1 saturated heterocycles. The highest BCUT2D eigenvalue weighted by Gasteiger charge is 2.49. The molecule has 0 radical (unpaired) electrons. The molecule has 0 saturated carbocycles. The number of benzene rings is 1. The second-order valence-electron chi connectivity index (χ2n) is 12.4. The van der Waals surface area contributed by atoms with E-state index in [1.165, 1.54) is 0 Å². The van der Waals surface area contributed by atoms with E-state index in [4.69, 9.17) is 4.99 Å². The number of allylic oxidation sites excluding steroid dienone is 2. The highest BCUT2D eigenvalue weighted by Crippen LogP contribution is 2.36. The molecule has 1 aromatic heterocycles. The fraction of sp³-hybridized carbons (Fsp3) is 0.424. The summed E-state index contributed by atoms with van der Waals surface area (Å²) in [5.74, 6) is -0.271. The second-order valence-corrected chi connectivity index (χ2v) is 13.3. The molecule has 3 amide bonds. The van der Waals surface area contributed by atoms with Crippen molar-refractivity contribution in [1.29, 1.82) is 0 Å². The van der Waals surface area contributed by atoms with Crippen molar-refractivity contribution in [3.63, 3.8) is 0 Å². The van der Waals surface area contributed by atoms with Crippen LogP contribution in [0.1, 0.15) is 45.4 Å². The van der Waals surface area contributed by atoms with Crippen LogP contribution in [0.2, 0.25) is 0 Å². The van der Waals surface area contributed by atoms with Crippen molar-refractivity contribution in [3.05, 3.63) is 76.5 Å². The molecule has 3 aliphatic heterocycles. The Kier molecular flexibility index (Phi) is 7.46. The third-order valence-corrected chi connectivity index (χ3v) is 9.90. The van der Waals surface area contributed by atoms with Crippen LogP contribution in [0.5, 0.6) is 0 Å². The van der Waals surface area contributed by atoms with E-state index in [2.05, 4.69) is 23.3 Å². The molecule has 9 nitrogen and oxygen atoms in total. The maximum absolute atomic E-state index is 14.2. The number of aromatic nitrogens is 1. The number of nitrogens with zero attached hydrogens (tertiary/aromatic N) is 4. The maximum Gasteiger partial charge on any atom is 0.257 e. The Hall–Kier alpha value is -3.89. The van der Waals surface area contributed by atoms with Crippen LogP contribution in [-0.2, 0) is 19.9 Å². The Labute approximate surface area is 255 Å². The summed E-state index contributed by atoms with van der Waals surface area (Å²) in [6, 6.07) is 6.41. The molecule has 1 aromatic carbocycles. The van der Waals surface area contributed by atoms with E-state index in [0.29, 0.717) is 18.0 Å². The molecule has 1 fully saturated rings. The van der Waals surface area contributed by atoms with E-state index >= 15 is 0 Å². The van der Waals surface area contributed by atoms with E-state index in [-0.39, 0.29) is 42.5 Å². The number of amidine groups is 1. The summed E-state index contributed by atoms with van der Waals surface area (Å²) in [6.07, 6.45) is 7.37. The molecule has 4 heterocycles. The quantitative estimate of drug-likeness (QED) is 0.525. The minimum absolute atomic E-state index is 0.105. The average Bonchev–Trinajstić information content (AvgIpc) is 3.70. The first-order chi connectivity index (χ1) is 20.5. The Bertz CT molecular complexity index is 1600. The van der Waals surface area contributed by atoms with Crippen molar-refractivity contribution >= 4 is 34.9 Å². The first-order valence-corrected chi connectivity index (χ1v) is 15.7. The highest BCUT2D eigenvalue weighted by molar-refractivity contribution is 7.13. The molecule has 224 valence electrons. The van der Waals surface area contributed by atoms with Crippen molar-refractivity contribution in [1.82, 2.24) is 20.1 Å². The van der Waals surface area contributed by atoms with Crippen molar-refractivity contribution in [3.8, 4) is 10.4 Å². The van der Waals surface area contributed by atoms with Gasteiger partial charge in [-0.3, -0.25) is 14.4 Å². The van der Waals surface area contributed by atoms with Gasteiger partial charge < -0.3 is 20.2 Å². The highest BCUT2D eigenvalue weighted by atomic mass is 32.1. The Morgan fingerprint density at radius 3 is 2.56 bits per heavy atom. The number of hydrogen-bond acceptors (Lipinski definition) is 7. The summed E-state index contributed by atoms with van der Waals surface area (Å²) in [5.41, 5.74) is 4.87. The molecule has 1 aliphatic carbocycles. The number of β-amino-alcohol motifs (C(OH)–C–C–N with tert-alkyl or cyclic N) is 1. The molecule has 43 heavy (non-hydrogen) atoms. The molecule has 10 heteroatoms. The van der Waals surface area contributed by atoms with E-state index in [9.17, 15) is 19.5 Å². The van der Waals surface area contributed by atoms with Crippen molar-refractivity contribution in [2.75, 3.05) is 13.1 Å². The monoisotopic (exact) mass is 599 g/mol. The van der Waals surface area contributed by atoms with Gasteiger partial charge in [0.2, 0.25) is 5.91 Å². The van der Waals surface area contributed by atoms with Gasteiger partial charge in [0, 0.05) is 25.1 Å². The number of aliphatic imine (C=N–C) groups is 1. The van der Waals surface area contributed by atoms with Crippen molar-refractivity contribution in [2.24, 2.45) is 16.8 Å². The van der Waals surface area contributed by atoms with Crippen LogP contribution in [-0.4, -0.2) is 74.7 Å². The molecule has 6 rings (SSSR count). The molecular formula is C33H37N5O4S. The third kappa shape index (κ3) is 5.06. The number of nitrogens with one attached hydrogen (secondary N) is 1. The van der Waals surface area contributed by atoms with Gasteiger partial charge in [-0.25, -0.2) is 9.98 Å². The lowest BCUT2D eigenvalue weighted by Gasteiger charge is -2.35. The number of rotatable bonds is 6. The van der Waals surface area contributed by atoms with Crippen LogP contribution in [0.15, 0.2) is 70.2 Å². The molecule has 2 N–H and O–H groups in total. The normalized spacial score (nSPS) is 27.6. The van der Waals surface area contributed by atoms with Gasteiger partial charge in [-0.05, 0) is 42.4 Å². The Balaban J connectivity index is 1.26. The lowest BCUT2D eigenvalue weighted by Crippen LogP contribution is -2.56. The van der Waals surface area contributed by atoms with Gasteiger partial charge in [-0.2, -0.15) is 0 Å². The standard InChI is InChI=1S/C33H37N5O4S/c1-18(2)27(38-15-22-8-6-19(3)7-13-25(22)30(38)40)31(41)37-16-24(39)14-26(37)29-35-32(42)33(5,36-29)23-11-9-21(10-12-23)28-20(4)34-17-43-28/h6-13,17-19,24,26-27,39H,14-16H2,1-5H3,(H,35,36,42)/t19?,24-,26?,27+,33+/m1/s1. The van der Waals surface area contributed by atoms with E-state index in [0.717, 1.165) is 27.3 Å². The first-order valence-electron chi connectivity index (χ1n) is 14.8. The predicted octanol–water partition coefficient (Wildman–Crippen LogP) is 3.75. The summed E-state index contributed by atoms with van der Waals surface area (Å²) in [6.45, 7) is 10.1. The lowest BCUT2D eigenvalue weighted by atomic mass is 9.91. The van der Waals surface area contributed by atoms with Crippen LogP contribution in [0, 0.1) is 18.8 Å². The summed E-state index contributed by atoms with van der Waals surface area (Å²) < 4.78 is 0. The number of aliphatic hydroxyl groups excluding tert-OH is 1. The lowest BCUT2D eigenvalue weighted by molar-refractivity contribution is -0.144. The largest absolute Gasteiger partial charge is 0.391 e. The van der Waals surface area contributed by atoms with Crippen molar-refractivity contribution < 1.29 is 19.5 Å². The second kappa shape index (κ2) is 11.0. The van der Waals surface area contributed by atoms with Gasteiger partial charge in [0.25, 0.3) is 11.8 Å². The Morgan fingerprint density at radius 1 is 1.16 bits per heavy atom. The van der Waals surface area contributed by atoms with Crippen LogP contribution >= 0.6 is 11.3 Å². The number of likely N-dealkylation sites (tertiary alicyclic amines) is 1. The van der Waals surface area contributed by atoms with E-state index in [1.54, 1.807) is 28.1 Å². The number of carbonyl (C=O) groups excluding carboxylic acids is 3. The third-order valence-electron chi connectivity index (χ3n) is 8.93. The SMILES string of the molecule is Cc1ncsc1-c1ccc([C@]2(C)N=C(C3C[C@@H](O)CN3C(=O)[C@H](C(C)C)N3CC4=C(C=CC(C)C=C4)C3=O)NC2=O)cc1. The van der Waals surface area contributed by atoms with Gasteiger partial charge >= 0.3 is 0 Å². The summed E-state index contributed by atoms with van der Waals surface area (Å²) in [4.78, 5) is 54.7. The fourth-order valence-electron chi connectivity index (χ4n) is 6.46. The molecule has 2 unspecified atom stereocenters. The molecule has 4 aliphatic rings. The summed E-state index contributed by atoms with van der Waals surface area (Å²) in [5, 5.41) is 13.7. The first kappa shape index (κ1) is 29.2. The summed E-state index contributed by atoms with van der Waals surface area (Å²) in [7, 11) is 0. The Morgan fingerprint density at radius 2 is 1.88 bits per heavy atom.